The largest absolute Gasteiger partial charge is 0.470 e. The van der Waals surface area contributed by atoms with Crippen molar-refractivity contribution in [1.82, 2.24) is 13.6 Å². The van der Waals surface area contributed by atoms with Crippen LogP contribution >= 0.6 is 23.3 Å². The van der Waals surface area contributed by atoms with Crippen molar-refractivity contribution in [3.63, 3.8) is 0 Å². The lowest BCUT2D eigenvalue weighted by molar-refractivity contribution is 0.193. The third-order valence-electron chi connectivity index (χ3n) is 3.18. The molecule has 0 N–H and O–H groups in total. The summed E-state index contributed by atoms with van der Waals surface area (Å²) in [6.45, 7) is 2.90. The summed E-state index contributed by atoms with van der Waals surface area (Å²) >= 11 is 6.97. The summed E-state index contributed by atoms with van der Waals surface area (Å²) in [6, 6.07) is 10.5. The maximum Gasteiger partial charge on any atom is 0.265 e. The molecule has 0 amide bonds. The minimum Gasteiger partial charge on any atom is -0.470 e. The van der Waals surface area contributed by atoms with Crippen molar-refractivity contribution in [3.8, 4) is 5.88 Å². The van der Waals surface area contributed by atoms with E-state index in [1.54, 1.807) is 0 Å². The van der Waals surface area contributed by atoms with E-state index in [9.17, 15) is 0 Å². The van der Waals surface area contributed by atoms with Crippen molar-refractivity contribution in [1.29, 1.82) is 0 Å². The average molecular weight is 296 g/mol. The highest BCUT2D eigenvalue weighted by Crippen LogP contribution is 2.24. The molecule has 1 aromatic heterocycles. The summed E-state index contributed by atoms with van der Waals surface area (Å²) in [6.07, 6.45) is 1.16. The quantitative estimate of drug-likeness (QED) is 0.869. The number of hydrogen-bond donors (Lipinski definition) is 0. The molecule has 2 heterocycles. The fourth-order valence-electron chi connectivity index (χ4n) is 2.28. The Kier molecular flexibility index (Phi) is 3.96. The van der Waals surface area contributed by atoms with Crippen LogP contribution in [0.4, 0.5) is 0 Å². The van der Waals surface area contributed by atoms with Gasteiger partial charge in [0.1, 0.15) is 6.10 Å². The predicted octanol–water partition coefficient (Wildman–Crippen LogP) is 2.84. The van der Waals surface area contributed by atoms with Gasteiger partial charge in [-0.2, -0.15) is 4.37 Å². The molecule has 0 saturated carbocycles. The van der Waals surface area contributed by atoms with E-state index in [2.05, 4.69) is 37.9 Å². The van der Waals surface area contributed by atoms with Gasteiger partial charge in [0.15, 0.2) is 0 Å². The second-order valence-corrected chi connectivity index (χ2v) is 5.50. The third kappa shape index (κ3) is 3.23. The number of halogens is 1. The summed E-state index contributed by atoms with van der Waals surface area (Å²) in [7, 11) is 0. The number of hydrogen-bond acceptors (Lipinski definition) is 5. The SMILES string of the molecule is Clc1nsnc1OC1CCN(Cc2ccccc2)C1. The summed E-state index contributed by atoms with van der Waals surface area (Å²) in [5.74, 6) is 0.471. The van der Waals surface area contributed by atoms with Crippen LogP contribution in [0.5, 0.6) is 5.88 Å². The Morgan fingerprint density at radius 3 is 2.89 bits per heavy atom. The van der Waals surface area contributed by atoms with Crippen molar-refractivity contribution in [3.05, 3.63) is 41.0 Å². The lowest BCUT2D eigenvalue weighted by Crippen LogP contribution is -2.24. The fourth-order valence-corrected chi connectivity index (χ4v) is 2.90. The van der Waals surface area contributed by atoms with Crippen LogP contribution in [-0.4, -0.2) is 32.8 Å². The molecule has 4 nitrogen and oxygen atoms in total. The Balaban J connectivity index is 1.54. The highest BCUT2D eigenvalue weighted by molar-refractivity contribution is 6.99. The van der Waals surface area contributed by atoms with Crippen LogP contribution in [0.3, 0.4) is 0 Å². The van der Waals surface area contributed by atoms with Crippen molar-refractivity contribution < 1.29 is 4.74 Å². The minimum absolute atomic E-state index is 0.158. The van der Waals surface area contributed by atoms with Gasteiger partial charge in [-0.3, -0.25) is 4.90 Å². The smallest absolute Gasteiger partial charge is 0.265 e. The van der Waals surface area contributed by atoms with Gasteiger partial charge in [-0.1, -0.05) is 41.9 Å². The molecule has 0 radical (unpaired) electrons. The zero-order valence-electron chi connectivity index (χ0n) is 10.3. The molecule has 100 valence electrons. The molecule has 19 heavy (non-hydrogen) atoms. The standard InChI is InChI=1S/C13H14ClN3OS/c14-12-13(16-19-15-12)18-11-6-7-17(9-11)8-10-4-2-1-3-5-10/h1-5,11H,6-9H2. The normalized spacial score (nSPS) is 19.7. The van der Waals surface area contributed by atoms with Crippen LogP contribution in [0, 0.1) is 0 Å². The van der Waals surface area contributed by atoms with Crippen molar-refractivity contribution in [2.75, 3.05) is 13.1 Å². The number of aromatic nitrogens is 2. The third-order valence-corrected chi connectivity index (χ3v) is 4.04. The van der Waals surface area contributed by atoms with Gasteiger partial charge in [0.2, 0.25) is 5.15 Å². The molecule has 0 bridgehead atoms. The molecule has 1 saturated heterocycles. The molecule has 1 unspecified atom stereocenters. The fraction of sp³-hybridized carbons (Fsp3) is 0.385. The Morgan fingerprint density at radius 2 is 2.16 bits per heavy atom. The number of nitrogens with zero attached hydrogens (tertiary/aromatic N) is 3. The van der Waals surface area contributed by atoms with Gasteiger partial charge >= 0.3 is 0 Å². The second kappa shape index (κ2) is 5.86. The first-order chi connectivity index (χ1) is 9.31. The van der Waals surface area contributed by atoms with Gasteiger partial charge in [0.25, 0.3) is 5.88 Å². The molecule has 3 rings (SSSR count). The summed E-state index contributed by atoms with van der Waals surface area (Å²) in [4.78, 5) is 2.38. The van der Waals surface area contributed by atoms with Crippen molar-refractivity contribution in [2.45, 2.75) is 19.1 Å². The molecule has 0 aliphatic carbocycles. The average Bonchev–Trinajstić information content (AvgIpc) is 3.02. The Labute approximate surface area is 121 Å². The molecule has 1 aliphatic rings. The van der Waals surface area contributed by atoms with Gasteiger partial charge in [0, 0.05) is 19.6 Å². The van der Waals surface area contributed by atoms with E-state index in [1.807, 2.05) is 6.07 Å². The van der Waals surface area contributed by atoms with Gasteiger partial charge in [-0.05, 0) is 12.0 Å². The van der Waals surface area contributed by atoms with Crippen LogP contribution < -0.4 is 4.74 Å². The lowest BCUT2D eigenvalue weighted by Gasteiger charge is -2.16. The lowest BCUT2D eigenvalue weighted by atomic mass is 10.2. The molecular weight excluding hydrogens is 282 g/mol. The van der Waals surface area contributed by atoms with Crippen LogP contribution in [0.1, 0.15) is 12.0 Å². The molecular formula is C13H14ClN3OS. The maximum absolute atomic E-state index is 5.88. The maximum atomic E-state index is 5.88. The van der Waals surface area contributed by atoms with Crippen molar-refractivity contribution in [2.24, 2.45) is 0 Å². The zero-order valence-corrected chi connectivity index (χ0v) is 11.9. The van der Waals surface area contributed by atoms with E-state index in [0.717, 1.165) is 37.8 Å². The Morgan fingerprint density at radius 1 is 1.32 bits per heavy atom. The minimum atomic E-state index is 0.158. The van der Waals surface area contributed by atoms with E-state index in [0.29, 0.717) is 11.0 Å². The number of likely N-dealkylation sites (tertiary alicyclic amines) is 1. The predicted molar refractivity (Wildman–Crippen MR) is 75.7 cm³/mol. The molecule has 1 aliphatic heterocycles. The molecule has 1 fully saturated rings. The van der Waals surface area contributed by atoms with Gasteiger partial charge in [0.05, 0.1) is 11.7 Å². The molecule has 6 heteroatoms. The van der Waals surface area contributed by atoms with E-state index >= 15 is 0 Å². The first-order valence-electron chi connectivity index (χ1n) is 6.22. The number of ether oxygens (including phenoxy) is 1. The van der Waals surface area contributed by atoms with Crippen LogP contribution in [-0.2, 0) is 6.54 Å². The van der Waals surface area contributed by atoms with Crippen molar-refractivity contribution >= 4 is 23.3 Å². The van der Waals surface area contributed by atoms with E-state index in [1.165, 1.54) is 5.56 Å². The van der Waals surface area contributed by atoms with Gasteiger partial charge < -0.3 is 4.74 Å². The van der Waals surface area contributed by atoms with E-state index in [-0.39, 0.29) is 6.10 Å². The first kappa shape index (κ1) is 12.8. The van der Waals surface area contributed by atoms with Crippen LogP contribution in [0.2, 0.25) is 5.15 Å². The van der Waals surface area contributed by atoms with Crippen LogP contribution in [0.15, 0.2) is 30.3 Å². The first-order valence-corrected chi connectivity index (χ1v) is 7.33. The number of benzene rings is 1. The Bertz CT molecular complexity index is 534. The summed E-state index contributed by atoms with van der Waals surface area (Å²) in [5, 5.41) is 0.367. The second-order valence-electron chi connectivity index (χ2n) is 4.61. The topological polar surface area (TPSA) is 38.3 Å². The molecule has 1 atom stereocenters. The highest BCUT2D eigenvalue weighted by Gasteiger charge is 2.25. The highest BCUT2D eigenvalue weighted by atomic mass is 35.5. The molecule has 1 aromatic carbocycles. The van der Waals surface area contributed by atoms with Gasteiger partial charge in [-0.25, -0.2) is 0 Å². The monoisotopic (exact) mass is 295 g/mol. The summed E-state index contributed by atoms with van der Waals surface area (Å²) < 4.78 is 13.7. The summed E-state index contributed by atoms with van der Waals surface area (Å²) in [5.41, 5.74) is 1.33. The van der Waals surface area contributed by atoms with E-state index in [4.69, 9.17) is 16.3 Å². The van der Waals surface area contributed by atoms with Gasteiger partial charge in [-0.15, -0.1) is 4.37 Å². The molecule has 2 aromatic rings. The van der Waals surface area contributed by atoms with E-state index < -0.39 is 0 Å². The number of rotatable bonds is 4. The molecule has 0 spiro atoms. The Hall–Kier alpha value is -1.17. The zero-order chi connectivity index (χ0) is 13.1. The van der Waals surface area contributed by atoms with Crippen LogP contribution in [0.25, 0.3) is 0 Å².